The molecule has 0 atom stereocenters. The zero-order chi connectivity index (χ0) is 18.6. The molecule has 26 heavy (non-hydrogen) atoms. The van der Waals surface area contributed by atoms with Crippen molar-refractivity contribution in [1.29, 1.82) is 0 Å². The highest BCUT2D eigenvalue weighted by molar-refractivity contribution is 5.81. The quantitative estimate of drug-likeness (QED) is 0.778. The molecule has 0 N–H and O–H groups in total. The van der Waals surface area contributed by atoms with E-state index >= 15 is 0 Å². The van der Waals surface area contributed by atoms with E-state index in [1.165, 1.54) is 0 Å². The summed E-state index contributed by atoms with van der Waals surface area (Å²) in [5, 5.41) is 0. The third-order valence-corrected chi connectivity index (χ3v) is 4.75. The highest BCUT2D eigenvalue weighted by atomic mass is 16.7. The standard InChI is InChI=1S/C20H30N2O4/c1-20(2,3)19(23)22(8-4-7-21-9-11-24-12-10-21)14-16-5-6-17-18(13-16)26-15-25-17/h5-6,13H,4,7-12,14-15H2,1-3H3. The summed E-state index contributed by atoms with van der Waals surface area (Å²) in [6, 6.07) is 5.91. The molecule has 0 bridgehead atoms. The average molecular weight is 362 g/mol. The number of carbonyl (C=O) groups excluding carboxylic acids is 1. The summed E-state index contributed by atoms with van der Waals surface area (Å²) in [5.41, 5.74) is 0.674. The van der Waals surface area contributed by atoms with Crippen molar-refractivity contribution in [2.45, 2.75) is 33.7 Å². The smallest absolute Gasteiger partial charge is 0.231 e. The summed E-state index contributed by atoms with van der Waals surface area (Å²) >= 11 is 0. The van der Waals surface area contributed by atoms with Crippen molar-refractivity contribution in [3.05, 3.63) is 23.8 Å². The van der Waals surface area contributed by atoms with Crippen LogP contribution >= 0.6 is 0 Å². The first-order valence-corrected chi connectivity index (χ1v) is 9.41. The minimum Gasteiger partial charge on any atom is -0.454 e. The lowest BCUT2D eigenvalue weighted by molar-refractivity contribution is -0.140. The number of rotatable bonds is 6. The molecule has 0 spiro atoms. The molecule has 1 fully saturated rings. The second kappa shape index (κ2) is 8.27. The molecule has 2 aliphatic heterocycles. The second-order valence-corrected chi connectivity index (χ2v) is 7.97. The molecule has 0 saturated carbocycles. The Labute approximate surface area is 156 Å². The first-order valence-electron chi connectivity index (χ1n) is 9.41. The van der Waals surface area contributed by atoms with Crippen LogP contribution in [-0.2, 0) is 16.1 Å². The Hall–Kier alpha value is -1.79. The fourth-order valence-corrected chi connectivity index (χ4v) is 3.30. The Morgan fingerprint density at radius 2 is 1.88 bits per heavy atom. The number of benzene rings is 1. The normalized spacial score (nSPS) is 17.3. The van der Waals surface area contributed by atoms with E-state index in [1.807, 2.05) is 43.9 Å². The highest BCUT2D eigenvalue weighted by Gasteiger charge is 2.27. The van der Waals surface area contributed by atoms with Crippen LogP contribution in [0.5, 0.6) is 11.5 Å². The molecular weight excluding hydrogens is 332 g/mol. The molecule has 1 saturated heterocycles. The van der Waals surface area contributed by atoms with Crippen LogP contribution in [0.15, 0.2) is 18.2 Å². The number of hydrogen-bond acceptors (Lipinski definition) is 5. The van der Waals surface area contributed by atoms with Gasteiger partial charge in [-0.15, -0.1) is 0 Å². The van der Waals surface area contributed by atoms with Crippen LogP contribution in [0.2, 0.25) is 0 Å². The number of carbonyl (C=O) groups is 1. The van der Waals surface area contributed by atoms with Crippen molar-refractivity contribution in [1.82, 2.24) is 9.80 Å². The maximum Gasteiger partial charge on any atom is 0.231 e. The van der Waals surface area contributed by atoms with Gasteiger partial charge in [-0.2, -0.15) is 0 Å². The third-order valence-electron chi connectivity index (χ3n) is 4.75. The zero-order valence-electron chi connectivity index (χ0n) is 16.1. The number of ether oxygens (including phenoxy) is 3. The molecule has 0 radical (unpaired) electrons. The summed E-state index contributed by atoms with van der Waals surface area (Å²) < 4.78 is 16.2. The lowest BCUT2D eigenvalue weighted by Crippen LogP contribution is -2.42. The molecule has 1 amide bonds. The van der Waals surface area contributed by atoms with Gasteiger partial charge in [0.15, 0.2) is 11.5 Å². The average Bonchev–Trinajstić information content (AvgIpc) is 3.08. The Balaban J connectivity index is 1.62. The van der Waals surface area contributed by atoms with E-state index in [1.54, 1.807) is 0 Å². The van der Waals surface area contributed by atoms with Crippen molar-refractivity contribution < 1.29 is 19.0 Å². The first kappa shape index (κ1) is 19.0. The van der Waals surface area contributed by atoms with E-state index in [0.29, 0.717) is 6.54 Å². The van der Waals surface area contributed by atoms with Crippen molar-refractivity contribution in [2.24, 2.45) is 5.41 Å². The Bertz CT molecular complexity index is 621. The van der Waals surface area contributed by atoms with Crippen molar-refractivity contribution in [2.75, 3.05) is 46.2 Å². The van der Waals surface area contributed by atoms with Crippen LogP contribution in [0.25, 0.3) is 0 Å². The maximum absolute atomic E-state index is 12.9. The zero-order valence-corrected chi connectivity index (χ0v) is 16.1. The second-order valence-electron chi connectivity index (χ2n) is 7.97. The number of amides is 1. The number of morpholine rings is 1. The first-order chi connectivity index (χ1) is 12.4. The fraction of sp³-hybridized carbons (Fsp3) is 0.650. The molecule has 6 nitrogen and oxygen atoms in total. The lowest BCUT2D eigenvalue weighted by Gasteiger charge is -2.31. The van der Waals surface area contributed by atoms with E-state index in [9.17, 15) is 4.79 Å². The number of nitrogens with zero attached hydrogens (tertiary/aromatic N) is 2. The molecule has 1 aromatic carbocycles. The SMILES string of the molecule is CC(C)(C)C(=O)N(CCCN1CCOCC1)Cc1ccc2c(c1)OCO2. The Morgan fingerprint density at radius 1 is 1.15 bits per heavy atom. The predicted octanol–water partition coefficient (Wildman–Crippen LogP) is 2.51. The molecule has 1 aromatic rings. The van der Waals surface area contributed by atoms with Gasteiger partial charge in [0.25, 0.3) is 0 Å². The molecule has 0 unspecified atom stereocenters. The molecule has 6 heteroatoms. The van der Waals surface area contributed by atoms with Gasteiger partial charge in [0.05, 0.1) is 13.2 Å². The van der Waals surface area contributed by atoms with E-state index in [0.717, 1.165) is 62.9 Å². The Morgan fingerprint density at radius 3 is 2.62 bits per heavy atom. The van der Waals surface area contributed by atoms with Gasteiger partial charge in [0, 0.05) is 38.1 Å². The number of fused-ring (bicyclic) bond motifs is 1. The van der Waals surface area contributed by atoms with E-state index < -0.39 is 5.41 Å². The predicted molar refractivity (Wildman–Crippen MR) is 99.3 cm³/mol. The molecule has 3 rings (SSSR count). The van der Waals surface area contributed by atoms with Crippen LogP contribution in [0.3, 0.4) is 0 Å². The molecular formula is C20H30N2O4. The van der Waals surface area contributed by atoms with Gasteiger partial charge in [-0.3, -0.25) is 9.69 Å². The summed E-state index contributed by atoms with van der Waals surface area (Å²) in [7, 11) is 0. The fourth-order valence-electron chi connectivity index (χ4n) is 3.30. The van der Waals surface area contributed by atoms with E-state index in [2.05, 4.69) is 4.90 Å². The largest absolute Gasteiger partial charge is 0.454 e. The lowest BCUT2D eigenvalue weighted by atomic mass is 9.94. The summed E-state index contributed by atoms with van der Waals surface area (Å²) in [6.45, 7) is 12.1. The minimum atomic E-state index is -0.394. The molecule has 144 valence electrons. The van der Waals surface area contributed by atoms with Crippen LogP contribution < -0.4 is 9.47 Å². The van der Waals surface area contributed by atoms with Gasteiger partial charge in [-0.05, 0) is 24.1 Å². The van der Waals surface area contributed by atoms with Gasteiger partial charge < -0.3 is 19.1 Å². The van der Waals surface area contributed by atoms with Crippen LogP contribution in [0, 0.1) is 5.41 Å². The monoisotopic (exact) mass is 362 g/mol. The van der Waals surface area contributed by atoms with Crippen molar-refractivity contribution in [3.8, 4) is 11.5 Å². The van der Waals surface area contributed by atoms with Crippen molar-refractivity contribution in [3.63, 3.8) is 0 Å². The van der Waals surface area contributed by atoms with Crippen LogP contribution in [0.4, 0.5) is 0 Å². The third kappa shape index (κ3) is 4.89. The van der Waals surface area contributed by atoms with Gasteiger partial charge in [0.1, 0.15) is 0 Å². The van der Waals surface area contributed by atoms with Crippen molar-refractivity contribution >= 4 is 5.91 Å². The molecule has 2 aliphatic rings. The van der Waals surface area contributed by atoms with Gasteiger partial charge in [-0.1, -0.05) is 26.8 Å². The highest BCUT2D eigenvalue weighted by Crippen LogP contribution is 2.33. The number of hydrogen-bond donors (Lipinski definition) is 0. The molecule has 0 aliphatic carbocycles. The summed E-state index contributed by atoms with van der Waals surface area (Å²) in [5.74, 6) is 1.71. The molecule has 0 aromatic heterocycles. The minimum absolute atomic E-state index is 0.178. The summed E-state index contributed by atoms with van der Waals surface area (Å²) in [6.07, 6.45) is 0.965. The van der Waals surface area contributed by atoms with Gasteiger partial charge in [-0.25, -0.2) is 0 Å². The summed E-state index contributed by atoms with van der Waals surface area (Å²) in [4.78, 5) is 17.3. The van der Waals surface area contributed by atoms with Gasteiger partial charge >= 0.3 is 0 Å². The maximum atomic E-state index is 12.9. The van der Waals surface area contributed by atoms with Crippen LogP contribution in [-0.4, -0.2) is 61.9 Å². The topological polar surface area (TPSA) is 51.2 Å². The van der Waals surface area contributed by atoms with Crippen LogP contribution in [0.1, 0.15) is 32.8 Å². The van der Waals surface area contributed by atoms with Gasteiger partial charge in [0.2, 0.25) is 12.7 Å². The molecule has 2 heterocycles. The Kier molecular flexibility index (Phi) is 6.04. The van der Waals surface area contributed by atoms with E-state index in [4.69, 9.17) is 14.2 Å². The van der Waals surface area contributed by atoms with E-state index in [-0.39, 0.29) is 12.7 Å².